The molecule has 0 bridgehead atoms. The first kappa shape index (κ1) is 19.3. The van der Waals surface area contributed by atoms with Gasteiger partial charge in [-0.25, -0.2) is 4.79 Å². The smallest absolute Gasteiger partial charge is 0.332 e. The molecule has 2 aliphatic rings. The molecule has 0 spiro atoms. The molecule has 0 saturated carbocycles. The minimum absolute atomic E-state index is 0.267. The van der Waals surface area contributed by atoms with Crippen LogP contribution >= 0.6 is 0 Å². The van der Waals surface area contributed by atoms with E-state index < -0.39 is 54.8 Å². The monoisotopic (exact) mass is 346 g/mol. The number of rotatable bonds is 4. The Morgan fingerprint density at radius 2 is 1.88 bits per heavy atom. The molecule has 1 saturated heterocycles. The fraction of sp³-hybridized carbons (Fsp3) is 0.812. The molecule has 0 aromatic rings. The van der Waals surface area contributed by atoms with Crippen LogP contribution < -0.4 is 0 Å². The number of aliphatic hydroxyl groups is 4. The molecule has 2 rings (SSSR count). The fourth-order valence-electron chi connectivity index (χ4n) is 3.50. The second-order valence-corrected chi connectivity index (χ2v) is 7.11. The maximum atomic E-state index is 11.6. The second kappa shape index (κ2) is 7.07. The van der Waals surface area contributed by atoms with Crippen LogP contribution in [0.1, 0.15) is 33.6 Å². The summed E-state index contributed by atoms with van der Waals surface area (Å²) < 4.78 is 11.0. The largest absolute Gasteiger partial charge is 0.478 e. The van der Waals surface area contributed by atoms with E-state index in [4.69, 9.17) is 9.47 Å². The lowest BCUT2D eigenvalue weighted by atomic mass is 9.71. The van der Waals surface area contributed by atoms with Crippen LogP contribution in [0.5, 0.6) is 0 Å². The molecule has 0 aromatic carbocycles. The molecule has 1 aliphatic heterocycles. The van der Waals surface area contributed by atoms with Crippen LogP contribution in [0.3, 0.4) is 0 Å². The van der Waals surface area contributed by atoms with Crippen molar-refractivity contribution in [1.29, 1.82) is 0 Å². The van der Waals surface area contributed by atoms with Crippen LogP contribution in [0.4, 0.5) is 0 Å². The van der Waals surface area contributed by atoms with Crippen molar-refractivity contribution in [2.45, 2.75) is 70.4 Å². The van der Waals surface area contributed by atoms with Crippen molar-refractivity contribution < 1.29 is 39.8 Å². The van der Waals surface area contributed by atoms with Crippen LogP contribution in [0.15, 0.2) is 11.1 Å². The van der Waals surface area contributed by atoms with E-state index in [2.05, 4.69) is 0 Å². The topological polar surface area (TPSA) is 137 Å². The summed E-state index contributed by atoms with van der Waals surface area (Å²) in [5.74, 6) is -1.01. The van der Waals surface area contributed by atoms with Crippen molar-refractivity contribution >= 4 is 5.97 Å². The predicted octanol–water partition coefficient (Wildman–Crippen LogP) is -0.607. The van der Waals surface area contributed by atoms with Crippen LogP contribution in [0.25, 0.3) is 0 Å². The van der Waals surface area contributed by atoms with Crippen molar-refractivity contribution in [3.8, 4) is 0 Å². The second-order valence-electron chi connectivity index (χ2n) is 7.11. The molecule has 1 heterocycles. The zero-order chi connectivity index (χ0) is 18.2. The van der Waals surface area contributed by atoms with Gasteiger partial charge in [0.05, 0.1) is 12.7 Å². The number of aliphatic hydroxyl groups excluding tert-OH is 4. The number of carboxylic acids is 1. The first-order valence-electron chi connectivity index (χ1n) is 8.00. The maximum absolute atomic E-state index is 11.6. The van der Waals surface area contributed by atoms with Gasteiger partial charge in [-0.15, -0.1) is 0 Å². The number of hydrogen-bond donors (Lipinski definition) is 5. The summed E-state index contributed by atoms with van der Waals surface area (Å²) in [6, 6.07) is 0. The summed E-state index contributed by atoms with van der Waals surface area (Å²) in [5, 5.41) is 48.3. The van der Waals surface area contributed by atoms with E-state index >= 15 is 0 Å². The molecule has 1 unspecified atom stereocenters. The number of ether oxygens (including phenoxy) is 2. The van der Waals surface area contributed by atoms with Crippen LogP contribution in [-0.2, 0) is 14.3 Å². The Morgan fingerprint density at radius 1 is 1.25 bits per heavy atom. The minimum Gasteiger partial charge on any atom is -0.478 e. The number of carbonyl (C=O) groups is 1. The molecule has 138 valence electrons. The minimum atomic E-state index is -1.52. The zero-order valence-corrected chi connectivity index (χ0v) is 14.0. The highest BCUT2D eigenvalue weighted by atomic mass is 16.7. The molecule has 0 aromatic heterocycles. The molecular formula is C16H26O8. The Morgan fingerprint density at radius 3 is 2.42 bits per heavy atom. The van der Waals surface area contributed by atoms with Crippen molar-refractivity contribution in [2.24, 2.45) is 5.41 Å². The third-order valence-corrected chi connectivity index (χ3v) is 4.95. The number of carboxylic acid groups (broad SMARTS) is 1. The number of aliphatic carboxylic acids is 1. The van der Waals surface area contributed by atoms with Gasteiger partial charge < -0.3 is 35.0 Å². The first-order valence-corrected chi connectivity index (χ1v) is 8.00. The highest BCUT2D eigenvalue weighted by Crippen LogP contribution is 2.42. The molecule has 0 radical (unpaired) electrons. The van der Waals surface area contributed by atoms with Gasteiger partial charge in [0.1, 0.15) is 24.4 Å². The van der Waals surface area contributed by atoms with Crippen molar-refractivity contribution in [3.05, 3.63) is 11.1 Å². The molecule has 6 atom stereocenters. The molecule has 0 amide bonds. The SMILES string of the molecule is CC1=C(C(=O)O)C(C)(C)CCC1O[C@@H]1O[C@H](CO)[C@@H](O)[C@@H](O)[C@H]1O. The van der Waals surface area contributed by atoms with Crippen LogP contribution in [0, 0.1) is 5.41 Å². The van der Waals surface area contributed by atoms with Crippen LogP contribution in [-0.4, -0.2) is 74.9 Å². The summed E-state index contributed by atoms with van der Waals surface area (Å²) in [6.45, 7) is 4.82. The summed E-state index contributed by atoms with van der Waals surface area (Å²) in [5.41, 5.74) is 0.310. The third-order valence-electron chi connectivity index (χ3n) is 4.95. The van der Waals surface area contributed by atoms with E-state index in [0.29, 0.717) is 18.4 Å². The molecule has 5 N–H and O–H groups in total. The van der Waals surface area contributed by atoms with E-state index in [1.807, 2.05) is 13.8 Å². The average molecular weight is 346 g/mol. The van der Waals surface area contributed by atoms with E-state index in [0.717, 1.165) is 0 Å². The van der Waals surface area contributed by atoms with E-state index in [1.165, 1.54) is 0 Å². The van der Waals surface area contributed by atoms with Gasteiger partial charge in [0.25, 0.3) is 0 Å². The first-order chi connectivity index (χ1) is 11.1. The van der Waals surface area contributed by atoms with Gasteiger partial charge in [0.2, 0.25) is 0 Å². The molecule has 8 nitrogen and oxygen atoms in total. The van der Waals surface area contributed by atoms with Crippen molar-refractivity contribution in [3.63, 3.8) is 0 Å². The zero-order valence-electron chi connectivity index (χ0n) is 14.0. The van der Waals surface area contributed by atoms with Gasteiger partial charge in [-0.3, -0.25) is 0 Å². The molecule has 24 heavy (non-hydrogen) atoms. The van der Waals surface area contributed by atoms with Gasteiger partial charge in [-0.05, 0) is 30.8 Å². The standard InChI is InChI=1S/C16H26O8/c1-7-8(4-5-16(2,3)10(7)14(21)22)23-15-13(20)12(19)11(18)9(6-17)24-15/h8-9,11-13,15,17-20H,4-6H2,1-3H3,(H,21,22)/t8?,9-,11-,12-,13-,15-/m1/s1. The van der Waals surface area contributed by atoms with Gasteiger partial charge in [-0.1, -0.05) is 13.8 Å². The van der Waals surface area contributed by atoms with E-state index in [-0.39, 0.29) is 5.57 Å². The lowest BCUT2D eigenvalue weighted by molar-refractivity contribution is -0.309. The highest BCUT2D eigenvalue weighted by Gasteiger charge is 2.46. The lowest BCUT2D eigenvalue weighted by Crippen LogP contribution is -2.59. The van der Waals surface area contributed by atoms with Gasteiger partial charge in [0, 0.05) is 5.57 Å². The lowest BCUT2D eigenvalue weighted by Gasteiger charge is -2.43. The molecule has 8 heteroatoms. The quantitative estimate of drug-likeness (QED) is 0.455. The maximum Gasteiger partial charge on any atom is 0.332 e. The Kier molecular flexibility index (Phi) is 5.68. The summed E-state index contributed by atoms with van der Waals surface area (Å²) >= 11 is 0. The Hall–Kier alpha value is -1.03. The fourth-order valence-corrected chi connectivity index (χ4v) is 3.50. The van der Waals surface area contributed by atoms with Gasteiger partial charge in [-0.2, -0.15) is 0 Å². The Balaban J connectivity index is 2.21. The normalized spacial score (nSPS) is 39.8. The van der Waals surface area contributed by atoms with Crippen molar-refractivity contribution in [2.75, 3.05) is 6.61 Å². The summed E-state index contributed by atoms with van der Waals surface area (Å²) in [6.07, 6.45) is -6.29. The predicted molar refractivity (Wildman–Crippen MR) is 82.0 cm³/mol. The Labute approximate surface area is 140 Å². The third kappa shape index (κ3) is 3.49. The molecular weight excluding hydrogens is 320 g/mol. The molecule has 1 aliphatic carbocycles. The molecule has 1 fully saturated rings. The van der Waals surface area contributed by atoms with E-state index in [1.54, 1.807) is 6.92 Å². The number of hydrogen-bond acceptors (Lipinski definition) is 7. The Bertz CT molecular complexity index is 512. The van der Waals surface area contributed by atoms with Crippen molar-refractivity contribution in [1.82, 2.24) is 0 Å². The van der Waals surface area contributed by atoms with Gasteiger partial charge >= 0.3 is 5.97 Å². The average Bonchev–Trinajstić information content (AvgIpc) is 2.49. The highest BCUT2D eigenvalue weighted by molar-refractivity contribution is 5.89. The van der Waals surface area contributed by atoms with E-state index in [9.17, 15) is 30.3 Å². The summed E-state index contributed by atoms with van der Waals surface area (Å²) in [4.78, 5) is 11.6. The van der Waals surface area contributed by atoms with Gasteiger partial charge in [0.15, 0.2) is 6.29 Å². The van der Waals surface area contributed by atoms with Crippen LogP contribution in [0.2, 0.25) is 0 Å². The summed E-state index contributed by atoms with van der Waals surface area (Å²) in [7, 11) is 0.